The number of rotatable bonds is 13. The molecule has 3 heterocycles. The van der Waals surface area contributed by atoms with Crippen LogP contribution in [0.25, 0.3) is 145 Å². The highest BCUT2D eigenvalue weighted by Crippen LogP contribution is 2.44. The largest absolute Gasteiger partial charge is 0.256 e. The summed E-state index contributed by atoms with van der Waals surface area (Å²) in [6.07, 6.45) is 1.41. The molecule has 0 atom stereocenters. The van der Waals surface area contributed by atoms with Crippen molar-refractivity contribution < 1.29 is 12.3 Å². The summed E-state index contributed by atoms with van der Waals surface area (Å²) in [5, 5.41) is 0. The van der Waals surface area contributed by atoms with Gasteiger partial charge in [-0.25, -0.2) is 9.97 Å². The Morgan fingerprint density at radius 3 is 1.09 bits per heavy atom. The molecule has 0 amide bonds. The molecular formula is C87H67N3. The van der Waals surface area contributed by atoms with Crippen LogP contribution in [-0.4, -0.2) is 15.0 Å². The summed E-state index contributed by atoms with van der Waals surface area (Å²) < 4.78 is 80.7. The zero-order chi connectivity index (χ0) is 68.7. The third kappa shape index (κ3) is 11.5. The predicted octanol–water partition coefficient (Wildman–Crippen LogP) is 23.4. The van der Waals surface area contributed by atoms with Gasteiger partial charge in [0, 0.05) is 46.4 Å². The van der Waals surface area contributed by atoms with Crippen LogP contribution in [0.4, 0.5) is 0 Å². The molecule has 0 aliphatic heterocycles. The highest BCUT2D eigenvalue weighted by Gasteiger charge is 2.22. The number of hydrogen-bond acceptors (Lipinski definition) is 3. The fourth-order valence-corrected chi connectivity index (χ4v) is 12.2. The van der Waals surface area contributed by atoms with E-state index >= 15 is 0 Å². The van der Waals surface area contributed by atoms with E-state index in [4.69, 9.17) is 19.1 Å². The minimum absolute atomic E-state index is 0.00300. The Kier molecular flexibility index (Phi) is 12.8. The molecule has 0 saturated heterocycles. The lowest BCUT2D eigenvalue weighted by atomic mass is 9.87. The number of hydrogen-bond donors (Lipinski definition) is 0. The summed E-state index contributed by atoms with van der Waals surface area (Å²) in [5.74, 6) is 0. The zero-order valence-corrected chi connectivity index (χ0v) is 50.1. The highest BCUT2D eigenvalue weighted by molar-refractivity contribution is 5.91. The molecule has 11 aromatic carbocycles. The molecule has 3 heteroatoms. The van der Waals surface area contributed by atoms with Gasteiger partial charge in [0.25, 0.3) is 0 Å². The maximum atomic E-state index is 9.51. The first-order chi connectivity index (χ1) is 47.7. The Balaban J connectivity index is 0.994. The van der Waals surface area contributed by atoms with Gasteiger partial charge in [0.15, 0.2) is 0 Å². The molecule has 0 unspecified atom stereocenters. The second kappa shape index (κ2) is 24.6. The van der Waals surface area contributed by atoms with Crippen molar-refractivity contribution in [2.45, 2.75) is 41.3 Å². The van der Waals surface area contributed by atoms with E-state index in [1.54, 1.807) is 30.3 Å². The van der Waals surface area contributed by atoms with E-state index in [9.17, 15) is 8.22 Å². The third-order valence-corrected chi connectivity index (χ3v) is 17.3. The van der Waals surface area contributed by atoms with Crippen LogP contribution >= 0.6 is 0 Å². The van der Waals surface area contributed by atoms with E-state index < -0.39 is 20.6 Å². The van der Waals surface area contributed by atoms with Crippen molar-refractivity contribution in [1.82, 2.24) is 15.0 Å². The van der Waals surface area contributed by atoms with Gasteiger partial charge in [-0.2, -0.15) is 0 Å². The summed E-state index contributed by atoms with van der Waals surface area (Å²) in [6.45, 7) is -1.76. The van der Waals surface area contributed by atoms with Gasteiger partial charge >= 0.3 is 0 Å². The van der Waals surface area contributed by atoms with Crippen LogP contribution in [-0.2, 0) is 0 Å². The van der Waals surface area contributed by atoms with Crippen LogP contribution in [0.3, 0.4) is 0 Å². The summed E-state index contributed by atoms with van der Waals surface area (Å²) >= 11 is 0. The molecule has 90 heavy (non-hydrogen) atoms. The lowest BCUT2D eigenvalue weighted by Gasteiger charge is -2.20. The molecule has 14 aromatic rings. The molecule has 0 spiro atoms. The van der Waals surface area contributed by atoms with Crippen molar-refractivity contribution in [3.8, 4) is 145 Å². The SMILES string of the molecule is [2H]C([2H])([2H])c1ccc(-c2cc(-c3ccc(-c4ccccc4)cc3)c(C)c(-c3nc(-c4ccc(C([2H])([2H])[2H])c(-c5nc(-c6cccc(-c7ccc(-c8ccccc8)cc7)c6)cc(-c6ccc(-c7ccc(C)cc7)cc6)c5C([2H])([2H])[2H])c4)cc(-c4ccc(-c5ccccc5)cc4)c3C)c2)nc1. The van der Waals surface area contributed by atoms with Crippen LogP contribution < -0.4 is 0 Å². The topological polar surface area (TPSA) is 38.7 Å². The standard InChI is InChI=1S/C87H67N3/c1-56-25-29-65(30-26-56)69-40-46-72(47-41-69)80-53-84(75-24-16-23-74(49-75)70-34-32-66(33-35-70)62-17-10-7-11-18-62)89-86(60(80)5)78-50-76(31-28-58(78)3)85-54-81(73-44-38-68(39-45-73)64-21-14-9-15-22-64)61(6)87(90-85)82-52-77(83-48-27-57(2)55-88-83)51-79(59(82)4)71-42-36-67(37-43-71)63-19-12-8-13-20-63/h7-55H,1-6H3/i2D3,3D3,5D3. The molecule has 0 radical (unpaired) electrons. The van der Waals surface area contributed by atoms with Crippen LogP contribution in [0.2, 0.25) is 0 Å². The number of aryl methyl sites for hydroxylation is 3. The minimum Gasteiger partial charge on any atom is -0.256 e. The third-order valence-electron chi connectivity index (χ3n) is 17.3. The molecule has 3 nitrogen and oxygen atoms in total. The van der Waals surface area contributed by atoms with E-state index in [2.05, 4.69) is 159 Å². The minimum atomic E-state index is -2.82. The predicted molar refractivity (Wildman–Crippen MR) is 379 cm³/mol. The quantitative estimate of drug-likeness (QED) is 0.115. The second-order valence-electron chi connectivity index (χ2n) is 23.1. The fraction of sp³-hybridized carbons (Fsp3) is 0.0690. The molecule has 430 valence electrons. The molecule has 0 fully saturated rings. The van der Waals surface area contributed by atoms with Gasteiger partial charge in [-0.05, 0) is 201 Å². The highest BCUT2D eigenvalue weighted by atomic mass is 14.7. The van der Waals surface area contributed by atoms with Gasteiger partial charge in [-0.3, -0.25) is 4.98 Å². The van der Waals surface area contributed by atoms with Gasteiger partial charge in [0.05, 0.1) is 28.5 Å². The van der Waals surface area contributed by atoms with Gasteiger partial charge in [-0.1, -0.05) is 254 Å². The van der Waals surface area contributed by atoms with Gasteiger partial charge in [0.1, 0.15) is 0 Å². The first-order valence-corrected chi connectivity index (χ1v) is 30.3. The lowest BCUT2D eigenvalue weighted by Crippen LogP contribution is -2.01. The van der Waals surface area contributed by atoms with Crippen molar-refractivity contribution in [2.24, 2.45) is 0 Å². The number of pyridine rings is 3. The summed E-state index contributed by atoms with van der Waals surface area (Å²) in [7, 11) is 0. The molecular weight excluding hydrogens is 1090 g/mol. The Labute approximate surface area is 542 Å². The number of aromatic nitrogens is 3. The van der Waals surface area contributed by atoms with Crippen LogP contribution in [0.1, 0.15) is 45.7 Å². The van der Waals surface area contributed by atoms with E-state index in [1.807, 2.05) is 122 Å². The molecule has 3 aromatic heterocycles. The first-order valence-electron chi connectivity index (χ1n) is 34.8. The monoisotopic (exact) mass is 1160 g/mol. The fourth-order valence-electron chi connectivity index (χ4n) is 12.2. The lowest BCUT2D eigenvalue weighted by molar-refractivity contribution is 1.24. The second-order valence-corrected chi connectivity index (χ2v) is 23.1. The van der Waals surface area contributed by atoms with Crippen molar-refractivity contribution in [1.29, 1.82) is 0 Å². The van der Waals surface area contributed by atoms with Gasteiger partial charge < -0.3 is 0 Å². The average Bonchev–Trinajstić information content (AvgIpc) is 0.750. The molecule has 0 N–H and O–H groups in total. The number of nitrogens with zero attached hydrogens (tertiary/aromatic N) is 3. The average molecular weight is 1160 g/mol. The van der Waals surface area contributed by atoms with E-state index in [1.165, 1.54) is 6.20 Å². The normalized spacial score (nSPS) is 13.1. The smallest absolute Gasteiger partial charge is 0.0747 e. The molecule has 0 bridgehead atoms. The van der Waals surface area contributed by atoms with Crippen molar-refractivity contribution in [3.63, 3.8) is 0 Å². The van der Waals surface area contributed by atoms with E-state index in [0.29, 0.717) is 45.0 Å². The summed E-state index contributed by atoms with van der Waals surface area (Å²) in [4.78, 5) is 15.8. The summed E-state index contributed by atoms with van der Waals surface area (Å²) in [6, 6.07) is 96.3. The maximum Gasteiger partial charge on any atom is 0.0747 e. The Bertz CT molecular complexity index is 5270. The van der Waals surface area contributed by atoms with Crippen LogP contribution in [0.5, 0.6) is 0 Å². The van der Waals surface area contributed by atoms with Gasteiger partial charge in [-0.15, -0.1) is 0 Å². The first kappa shape index (κ1) is 47.0. The molecule has 0 aliphatic carbocycles. The Morgan fingerprint density at radius 2 is 0.611 bits per heavy atom. The Hall–Kier alpha value is -11.1. The molecule has 0 aliphatic rings. The number of benzene rings is 11. The maximum absolute atomic E-state index is 9.51. The van der Waals surface area contributed by atoms with Gasteiger partial charge in [0.2, 0.25) is 0 Å². The molecule has 14 rings (SSSR count). The van der Waals surface area contributed by atoms with Crippen molar-refractivity contribution in [2.75, 3.05) is 0 Å². The van der Waals surface area contributed by atoms with Crippen molar-refractivity contribution >= 4 is 0 Å². The van der Waals surface area contributed by atoms with Crippen molar-refractivity contribution in [3.05, 3.63) is 331 Å². The zero-order valence-electron chi connectivity index (χ0n) is 59.1. The van der Waals surface area contributed by atoms with Crippen LogP contribution in [0.15, 0.2) is 297 Å². The van der Waals surface area contributed by atoms with E-state index in [0.717, 1.165) is 106 Å². The summed E-state index contributed by atoms with van der Waals surface area (Å²) in [5.41, 5.74) is 22.6. The molecule has 0 saturated carbocycles. The Morgan fingerprint density at radius 1 is 0.233 bits per heavy atom. The van der Waals surface area contributed by atoms with E-state index in [-0.39, 0.29) is 27.9 Å². The van der Waals surface area contributed by atoms with Crippen LogP contribution in [0, 0.1) is 41.3 Å².